The normalized spacial score (nSPS) is 15.2. The van der Waals surface area contributed by atoms with Gasteiger partial charge in [0.2, 0.25) is 11.9 Å². The lowest BCUT2D eigenvalue weighted by Crippen LogP contribution is -2.28. The van der Waals surface area contributed by atoms with Crippen molar-refractivity contribution in [3.63, 3.8) is 0 Å². The molecule has 0 bridgehead atoms. The van der Waals surface area contributed by atoms with Crippen LogP contribution < -0.4 is 15.4 Å². The maximum absolute atomic E-state index is 5.57. The fourth-order valence-corrected chi connectivity index (χ4v) is 1.74. The molecule has 0 atom stereocenters. The maximum atomic E-state index is 5.57. The van der Waals surface area contributed by atoms with Crippen molar-refractivity contribution in [1.29, 1.82) is 0 Å². The molecular formula is C13H23N5O. The van der Waals surface area contributed by atoms with Crippen LogP contribution in [0.4, 0.5) is 11.9 Å². The third-order valence-electron chi connectivity index (χ3n) is 2.93. The molecule has 0 unspecified atom stereocenters. The third kappa shape index (κ3) is 4.22. The summed E-state index contributed by atoms with van der Waals surface area (Å²) in [7, 11) is 0. The van der Waals surface area contributed by atoms with Gasteiger partial charge in [0, 0.05) is 12.6 Å². The van der Waals surface area contributed by atoms with Gasteiger partial charge >= 0.3 is 6.01 Å². The van der Waals surface area contributed by atoms with E-state index in [1.807, 2.05) is 13.8 Å². The fourth-order valence-electron chi connectivity index (χ4n) is 1.74. The molecule has 0 amide bonds. The van der Waals surface area contributed by atoms with E-state index in [4.69, 9.17) is 4.74 Å². The van der Waals surface area contributed by atoms with Crippen LogP contribution in [-0.2, 0) is 0 Å². The second-order valence-corrected chi connectivity index (χ2v) is 5.13. The minimum atomic E-state index is 0.0537. The van der Waals surface area contributed by atoms with Gasteiger partial charge in [0.15, 0.2) is 0 Å². The van der Waals surface area contributed by atoms with Gasteiger partial charge in [0.1, 0.15) is 0 Å². The molecule has 0 radical (unpaired) electrons. The number of hydrogen-bond donors (Lipinski definition) is 2. The van der Waals surface area contributed by atoms with E-state index >= 15 is 0 Å². The van der Waals surface area contributed by atoms with Crippen molar-refractivity contribution in [2.45, 2.75) is 58.6 Å². The Morgan fingerprint density at radius 2 is 1.95 bits per heavy atom. The molecule has 1 fully saturated rings. The van der Waals surface area contributed by atoms with Crippen LogP contribution in [0.1, 0.15) is 46.5 Å². The Morgan fingerprint density at radius 1 is 1.21 bits per heavy atom. The minimum Gasteiger partial charge on any atom is -0.461 e. The van der Waals surface area contributed by atoms with Crippen molar-refractivity contribution in [2.75, 3.05) is 17.2 Å². The Kier molecular flexibility index (Phi) is 4.76. The Morgan fingerprint density at radius 3 is 2.53 bits per heavy atom. The molecule has 1 heterocycles. The summed E-state index contributed by atoms with van der Waals surface area (Å²) in [6.45, 7) is 6.87. The Balaban J connectivity index is 2.09. The van der Waals surface area contributed by atoms with Crippen molar-refractivity contribution in [3.05, 3.63) is 0 Å². The number of ether oxygens (including phenoxy) is 1. The van der Waals surface area contributed by atoms with E-state index in [0.29, 0.717) is 23.9 Å². The summed E-state index contributed by atoms with van der Waals surface area (Å²) in [5.74, 6) is 1.18. The molecule has 0 saturated heterocycles. The van der Waals surface area contributed by atoms with Crippen LogP contribution in [0.2, 0.25) is 0 Å². The molecule has 0 spiro atoms. The highest BCUT2D eigenvalue weighted by atomic mass is 16.5. The first-order chi connectivity index (χ1) is 9.17. The summed E-state index contributed by atoms with van der Waals surface area (Å²) in [5, 5.41) is 6.50. The topological polar surface area (TPSA) is 72.0 Å². The highest BCUT2D eigenvalue weighted by Crippen LogP contribution is 2.22. The lowest BCUT2D eigenvalue weighted by Gasteiger charge is -2.26. The van der Waals surface area contributed by atoms with Crippen molar-refractivity contribution < 1.29 is 4.74 Å². The zero-order chi connectivity index (χ0) is 13.7. The minimum absolute atomic E-state index is 0.0537. The molecule has 0 aromatic carbocycles. The zero-order valence-electron chi connectivity index (χ0n) is 11.9. The first kappa shape index (κ1) is 13.8. The monoisotopic (exact) mass is 265 g/mol. The van der Waals surface area contributed by atoms with E-state index in [-0.39, 0.29) is 6.10 Å². The molecule has 2 rings (SSSR count). The average Bonchev–Trinajstić information content (AvgIpc) is 2.30. The van der Waals surface area contributed by atoms with Crippen LogP contribution in [0.15, 0.2) is 0 Å². The largest absolute Gasteiger partial charge is 0.461 e. The van der Waals surface area contributed by atoms with E-state index < -0.39 is 0 Å². The van der Waals surface area contributed by atoms with Crippen LogP contribution in [0.3, 0.4) is 0 Å². The molecular weight excluding hydrogens is 242 g/mol. The summed E-state index contributed by atoms with van der Waals surface area (Å²) in [6.07, 6.45) is 4.72. The predicted molar refractivity (Wildman–Crippen MR) is 75.6 cm³/mol. The average molecular weight is 265 g/mol. The SMILES string of the molecule is CCCNc1nc(NC2CCC2)nc(OC(C)C)n1. The maximum Gasteiger partial charge on any atom is 0.323 e. The van der Waals surface area contributed by atoms with Gasteiger partial charge in [-0.15, -0.1) is 0 Å². The second-order valence-electron chi connectivity index (χ2n) is 5.13. The molecule has 1 aliphatic rings. The number of nitrogens with zero attached hydrogens (tertiary/aromatic N) is 3. The van der Waals surface area contributed by atoms with Crippen molar-refractivity contribution in [3.8, 4) is 6.01 Å². The molecule has 1 aliphatic carbocycles. The first-order valence-electron chi connectivity index (χ1n) is 7.10. The summed E-state index contributed by atoms with van der Waals surface area (Å²) < 4.78 is 5.57. The standard InChI is InChI=1S/C13H23N5O/c1-4-8-14-11-16-12(15-10-6-5-7-10)18-13(17-11)19-9(2)3/h9-10H,4-8H2,1-3H3,(H2,14,15,16,17,18). The van der Waals surface area contributed by atoms with Crippen molar-refractivity contribution >= 4 is 11.9 Å². The van der Waals surface area contributed by atoms with E-state index in [9.17, 15) is 0 Å². The van der Waals surface area contributed by atoms with Gasteiger partial charge in [-0.1, -0.05) is 6.92 Å². The van der Waals surface area contributed by atoms with E-state index in [2.05, 4.69) is 32.5 Å². The van der Waals surface area contributed by atoms with Crippen molar-refractivity contribution in [1.82, 2.24) is 15.0 Å². The molecule has 19 heavy (non-hydrogen) atoms. The van der Waals surface area contributed by atoms with Gasteiger partial charge in [-0.25, -0.2) is 0 Å². The van der Waals surface area contributed by atoms with Crippen LogP contribution in [0.25, 0.3) is 0 Å². The van der Waals surface area contributed by atoms with Gasteiger partial charge in [0.05, 0.1) is 6.10 Å². The number of aromatic nitrogens is 3. The molecule has 2 N–H and O–H groups in total. The van der Waals surface area contributed by atoms with Crippen LogP contribution in [-0.4, -0.2) is 33.6 Å². The molecule has 1 saturated carbocycles. The van der Waals surface area contributed by atoms with E-state index in [0.717, 1.165) is 13.0 Å². The lowest BCUT2D eigenvalue weighted by atomic mass is 9.93. The highest BCUT2D eigenvalue weighted by molar-refractivity contribution is 5.37. The second kappa shape index (κ2) is 6.54. The Labute approximate surface area is 114 Å². The van der Waals surface area contributed by atoms with Crippen LogP contribution in [0, 0.1) is 0 Å². The quantitative estimate of drug-likeness (QED) is 0.789. The summed E-state index contributed by atoms with van der Waals surface area (Å²) in [5.41, 5.74) is 0. The Bertz CT molecular complexity index is 406. The van der Waals surface area contributed by atoms with Gasteiger partial charge in [-0.05, 0) is 39.5 Å². The molecule has 6 heteroatoms. The highest BCUT2D eigenvalue weighted by Gasteiger charge is 2.19. The summed E-state index contributed by atoms with van der Waals surface area (Å²) in [4.78, 5) is 13.0. The van der Waals surface area contributed by atoms with E-state index in [1.165, 1.54) is 19.3 Å². The molecule has 1 aromatic rings. The predicted octanol–water partition coefficient (Wildman–Crippen LogP) is 2.45. The van der Waals surface area contributed by atoms with Gasteiger partial charge in [0.25, 0.3) is 0 Å². The van der Waals surface area contributed by atoms with E-state index in [1.54, 1.807) is 0 Å². The molecule has 1 aromatic heterocycles. The fraction of sp³-hybridized carbons (Fsp3) is 0.769. The number of rotatable bonds is 7. The summed E-state index contributed by atoms with van der Waals surface area (Å²) >= 11 is 0. The molecule has 0 aliphatic heterocycles. The number of hydrogen-bond acceptors (Lipinski definition) is 6. The molecule has 106 valence electrons. The zero-order valence-corrected chi connectivity index (χ0v) is 11.9. The third-order valence-corrected chi connectivity index (χ3v) is 2.93. The number of nitrogens with one attached hydrogen (secondary N) is 2. The molecule has 6 nitrogen and oxygen atoms in total. The van der Waals surface area contributed by atoms with Crippen molar-refractivity contribution in [2.24, 2.45) is 0 Å². The van der Waals surface area contributed by atoms with Crippen LogP contribution in [0.5, 0.6) is 6.01 Å². The lowest BCUT2D eigenvalue weighted by molar-refractivity contribution is 0.222. The Hall–Kier alpha value is -1.59. The number of anilines is 2. The smallest absolute Gasteiger partial charge is 0.323 e. The van der Waals surface area contributed by atoms with Gasteiger partial charge < -0.3 is 15.4 Å². The van der Waals surface area contributed by atoms with Gasteiger partial charge in [-0.2, -0.15) is 15.0 Å². The first-order valence-corrected chi connectivity index (χ1v) is 7.10. The van der Waals surface area contributed by atoms with Crippen LogP contribution >= 0.6 is 0 Å². The van der Waals surface area contributed by atoms with Gasteiger partial charge in [-0.3, -0.25) is 0 Å². The summed E-state index contributed by atoms with van der Waals surface area (Å²) in [6, 6.07) is 0.874.